The third-order valence-corrected chi connectivity index (χ3v) is 2.43. The van der Waals surface area contributed by atoms with Crippen molar-refractivity contribution in [2.45, 2.75) is 0 Å². The summed E-state index contributed by atoms with van der Waals surface area (Å²) in [5.74, 6) is 0. The Balaban J connectivity index is 2.41. The van der Waals surface area contributed by atoms with E-state index in [-0.39, 0.29) is 0 Å². The maximum absolute atomic E-state index is 11.0. The molecule has 0 saturated heterocycles. The third-order valence-electron chi connectivity index (χ3n) is 2.43. The van der Waals surface area contributed by atoms with Gasteiger partial charge in [-0.15, -0.1) is 0 Å². The van der Waals surface area contributed by atoms with Crippen molar-refractivity contribution in [2.24, 2.45) is 0 Å². The molecule has 2 aromatic heterocycles. The quantitative estimate of drug-likeness (QED) is 0.364. The van der Waals surface area contributed by atoms with Gasteiger partial charge in [0.05, 0.1) is 11.4 Å². The minimum atomic E-state index is 0.553. The second-order valence-corrected chi connectivity index (χ2v) is 4.25. The molecule has 0 saturated carbocycles. The molecule has 2 rings (SSSR count). The largest absolute Gasteiger partial charge is 0.624 e. The number of nitrogens with zero attached hydrogens (tertiary/aromatic N) is 4. The van der Waals surface area contributed by atoms with Crippen molar-refractivity contribution in [3.05, 3.63) is 58.2 Å². The van der Waals surface area contributed by atoms with Crippen LogP contribution in [-0.4, -0.2) is 46.0 Å². The molecular weight excluding hydrogens is 256 g/mol. The molecule has 0 aromatic carbocycles. The van der Waals surface area contributed by atoms with E-state index in [9.17, 15) is 10.4 Å². The van der Waals surface area contributed by atoms with Gasteiger partial charge in [0.1, 0.15) is 25.5 Å². The molecule has 0 unspecified atom stereocenters. The molecular formula is C14H14N4O2. The molecule has 0 amide bonds. The molecule has 0 aliphatic carbocycles. The van der Waals surface area contributed by atoms with E-state index < -0.39 is 0 Å². The van der Waals surface area contributed by atoms with E-state index in [4.69, 9.17) is 0 Å². The smallest absolute Gasteiger partial charge is 0.200 e. The van der Waals surface area contributed by atoms with Crippen molar-refractivity contribution < 1.29 is 9.48 Å². The molecule has 0 spiro atoms. The topological polar surface area (TPSA) is 77.9 Å². The van der Waals surface area contributed by atoms with Crippen LogP contribution in [0.15, 0.2) is 36.4 Å². The molecule has 20 heavy (non-hydrogen) atoms. The molecule has 0 aliphatic rings. The van der Waals surface area contributed by atoms with E-state index in [1.807, 2.05) is 0 Å². The van der Waals surface area contributed by atoms with Crippen LogP contribution in [-0.2, 0) is 0 Å². The first-order valence-corrected chi connectivity index (χ1v) is 5.99. The molecule has 0 fully saturated rings. The highest BCUT2D eigenvalue weighted by atomic mass is 16.5. The van der Waals surface area contributed by atoms with Gasteiger partial charge in [0.25, 0.3) is 0 Å². The molecule has 0 radical (unpaired) electrons. The van der Waals surface area contributed by atoms with Gasteiger partial charge < -0.3 is 10.4 Å². The van der Waals surface area contributed by atoms with E-state index in [0.29, 0.717) is 32.3 Å². The highest BCUT2D eigenvalue weighted by Crippen LogP contribution is 2.14. The number of hydrogen-bond acceptors (Lipinski definition) is 4. The van der Waals surface area contributed by atoms with Crippen LogP contribution in [0.1, 0.15) is 11.4 Å². The van der Waals surface area contributed by atoms with E-state index in [1.165, 1.54) is 26.5 Å². The van der Waals surface area contributed by atoms with Crippen LogP contribution in [0.2, 0.25) is 0 Å². The number of pyridine rings is 2. The summed E-state index contributed by atoms with van der Waals surface area (Å²) in [4.78, 5) is 8.68. The fraction of sp³-hybridized carbons (Fsp3) is 0.143. The van der Waals surface area contributed by atoms with E-state index in [1.54, 1.807) is 36.4 Å². The lowest BCUT2D eigenvalue weighted by Crippen LogP contribution is -2.02. The van der Waals surface area contributed by atoms with Crippen LogP contribution in [0.4, 0.5) is 0 Å². The van der Waals surface area contributed by atoms with Gasteiger partial charge in [-0.05, 0) is 24.3 Å². The van der Waals surface area contributed by atoms with Crippen LogP contribution in [0.3, 0.4) is 0 Å². The van der Waals surface area contributed by atoms with Crippen molar-refractivity contribution in [1.82, 2.24) is 9.97 Å². The molecule has 0 aliphatic heterocycles. The SMILES string of the molecule is C/[N+]([O-])=C/c1cccc(-c2cccc(/C=[N+](/C)[O-])n2)n1. The predicted octanol–water partition coefficient (Wildman–Crippen LogP) is 1.26. The first kappa shape index (κ1) is 13.7. The Kier molecular flexibility index (Phi) is 4.05. The molecule has 2 aromatic rings. The van der Waals surface area contributed by atoms with E-state index in [0.717, 1.165) is 0 Å². The average molecular weight is 270 g/mol. The maximum atomic E-state index is 11.0. The summed E-state index contributed by atoms with van der Waals surface area (Å²) in [7, 11) is 2.79. The van der Waals surface area contributed by atoms with Crippen molar-refractivity contribution in [1.29, 1.82) is 0 Å². The Hall–Kier alpha value is -2.76. The molecule has 0 bridgehead atoms. The van der Waals surface area contributed by atoms with Gasteiger partial charge in [-0.2, -0.15) is 0 Å². The lowest BCUT2D eigenvalue weighted by atomic mass is 10.2. The monoisotopic (exact) mass is 270 g/mol. The van der Waals surface area contributed by atoms with Crippen LogP contribution >= 0.6 is 0 Å². The zero-order valence-corrected chi connectivity index (χ0v) is 11.2. The van der Waals surface area contributed by atoms with Gasteiger partial charge in [-0.1, -0.05) is 12.1 Å². The Morgan fingerprint density at radius 2 is 1.20 bits per heavy atom. The lowest BCUT2D eigenvalue weighted by molar-refractivity contribution is -0.417. The highest BCUT2D eigenvalue weighted by molar-refractivity contribution is 5.76. The van der Waals surface area contributed by atoms with Gasteiger partial charge in [0.15, 0.2) is 12.4 Å². The molecule has 2 heterocycles. The number of aromatic nitrogens is 2. The third kappa shape index (κ3) is 3.61. The molecule has 0 atom stereocenters. The van der Waals surface area contributed by atoms with Crippen LogP contribution in [0.5, 0.6) is 0 Å². The Labute approximate surface area is 116 Å². The fourth-order valence-corrected chi connectivity index (χ4v) is 1.70. The summed E-state index contributed by atoms with van der Waals surface area (Å²) in [5.41, 5.74) is 2.39. The zero-order valence-electron chi connectivity index (χ0n) is 11.2. The fourth-order valence-electron chi connectivity index (χ4n) is 1.70. The second-order valence-electron chi connectivity index (χ2n) is 4.25. The summed E-state index contributed by atoms with van der Waals surface area (Å²) in [6, 6.07) is 10.7. The average Bonchev–Trinajstić information content (AvgIpc) is 2.38. The molecule has 6 nitrogen and oxygen atoms in total. The Morgan fingerprint density at radius 1 is 0.800 bits per heavy atom. The van der Waals surface area contributed by atoms with E-state index >= 15 is 0 Å². The molecule has 6 heteroatoms. The van der Waals surface area contributed by atoms with Gasteiger partial charge in [0.2, 0.25) is 0 Å². The molecule has 102 valence electrons. The lowest BCUT2D eigenvalue weighted by Gasteiger charge is -2.02. The van der Waals surface area contributed by atoms with Gasteiger partial charge in [-0.3, -0.25) is 0 Å². The van der Waals surface area contributed by atoms with Gasteiger partial charge >= 0.3 is 0 Å². The van der Waals surface area contributed by atoms with Crippen molar-refractivity contribution in [3.63, 3.8) is 0 Å². The first-order chi connectivity index (χ1) is 9.54. The first-order valence-electron chi connectivity index (χ1n) is 5.99. The van der Waals surface area contributed by atoms with Crippen LogP contribution < -0.4 is 0 Å². The van der Waals surface area contributed by atoms with E-state index in [2.05, 4.69) is 9.97 Å². The van der Waals surface area contributed by atoms with Gasteiger partial charge in [-0.25, -0.2) is 19.4 Å². The Morgan fingerprint density at radius 3 is 1.55 bits per heavy atom. The minimum absolute atomic E-state index is 0.553. The maximum Gasteiger partial charge on any atom is 0.200 e. The highest BCUT2D eigenvalue weighted by Gasteiger charge is 2.04. The number of rotatable bonds is 3. The van der Waals surface area contributed by atoms with Crippen molar-refractivity contribution in [2.75, 3.05) is 14.1 Å². The molecule has 0 N–H and O–H groups in total. The summed E-state index contributed by atoms with van der Waals surface area (Å²) >= 11 is 0. The summed E-state index contributed by atoms with van der Waals surface area (Å²) in [6.45, 7) is 0. The zero-order chi connectivity index (χ0) is 14.5. The summed E-state index contributed by atoms with van der Waals surface area (Å²) < 4.78 is 1.38. The second kappa shape index (κ2) is 5.92. The van der Waals surface area contributed by atoms with Crippen molar-refractivity contribution in [3.8, 4) is 11.4 Å². The predicted molar refractivity (Wildman–Crippen MR) is 76.9 cm³/mol. The Bertz CT molecular complexity index is 613. The number of hydroxylamine groups is 2. The summed E-state index contributed by atoms with van der Waals surface area (Å²) in [6.07, 6.45) is 2.76. The number of hydrogen-bond donors (Lipinski definition) is 0. The minimum Gasteiger partial charge on any atom is -0.624 e. The van der Waals surface area contributed by atoms with Gasteiger partial charge in [0, 0.05) is 0 Å². The summed E-state index contributed by atoms with van der Waals surface area (Å²) in [5, 5.41) is 22.0. The van der Waals surface area contributed by atoms with Crippen LogP contribution in [0.25, 0.3) is 11.4 Å². The normalized spacial score (nSPS) is 12.5. The van der Waals surface area contributed by atoms with Crippen LogP contribution in [0, 0.1) is 10.4 Å². The van der Waals surface area contributed by atoms with Crippen molar-refractivity contribution >= 4 is 12.4 Å². The standard InChI is InChI=1S/C14H14N4O2/c1-17(19)9-11-5-3-7-13(15-11)14-8-4-6-12(16-14)10-18(2)20/h3-10H,1-2H3/b17-9-,18-10-.